The SMILES string of the molecule is CCSCCN1CC(C)NCC1C(C)C. The summed E-state index contributed by atoms with van der Waals surface area (Å²) in [6.07, 6.45) is 0. The van der Waals surface area contributed by atoms with E-state index in [4.69, 9.17) is 0 Å². The van der Waals surface area contributed by atoms with Gasteiger partial charge in [-0.25, -0.2) is 0 Å². The van der Waals surface area contributed by atoms with E-state index in [1.54, 1.807) is 0 Å². The lowest BCUT2D eigenvalue weighted by Gasteiger charge is -2.41. The first-order valence-electron chi connectivity index (χ1n) is 6.20. The second kappa shape index (κ2) is 6.77. The van der Waals surface area contributed by atoms with Crippen molar-refractivity contribution in [3.05, 3.63) is 0 Å². The number of rotatable bonds is 5. The molecule has 0 aromatic heterocycles. The van der Waals surface area contributed by atoms with Gasteiger partial charge in [0.15, 0.2) is 0 Å². The summed E-state index contributed by atoms with van der Waals surface area (Å²) in [6, 6.07) is 1.39. The van der Waals surface area contributed by atoms with E-state index in [1.165, 1.54) is 24.6 Å². The highest BCUT2D eigenvalue weighted by atomic mass is 32.2. The second-order valence-electron chi connectivity index (χ2n) is 4.81. The van der Waals surface area contributed by atoms with E-state index in [0.29, 0.717) is 6.04 Å². The summed E-state index contributed by atoms with van der Waals surface area (Å²) in [6.45, 7) is 12.8. The Bertz CT molecular complexity index is 173. The Morgan fingerprint density at radius 2 is 2.20 bits per heavy atom. The first-order chi connectivity index (χ1) is 7.15. The van der Waals surface area contributed by atoms with Crippen LogP contribution in [0.5, 0.6) is 0 Å². The van der Waals surface area contributed by atoms with Crippen LogP contribution in [-0.2, 0) is 0 Å². The highest BCUT2D eigenvalue weighted by Crippen LogP contribution is 2.15. The summed E-state index contributed by atoms with van der Waals surface area (Å²) >= 11 is 2.05. The molecule has 0 saturated carbocycles. The molecule has 1 aliphatic heterocycles. The van der Waals surface area contributed by atoms with Gasteiger partial charge in [0, 0.05) is 37.5 Å². The van der Waals surface area contributed by atoms with E-state index >= 15 is 0 Å². The summed E-state index contributed by atoms with van der Waals surface area (Å²) in [7, 11) is 0. The Labute approximate surface area is 99.2 Å². The largest absolute Gasteiger partial charge is 0.311 e. The van der Waals surface area contributed by atoms with Crippen LogP contribution in [0.15, 0.2) is 0 Å². The molecule has 90 valence electrons. The molecule has 1 rings (SSSR count). The van der Waals surface area contributed by atoms with Crippen molar-refractivity contribution in [3.8, 4) is 0 Å². The standard InChI is InChI=1S/C12H26N2S/c1-5-15-7-6-14-9-11(4)13-8-12(14)10(2)3/h10-13H,5-9H2,1-4H3. The number of nitrogens with zero attached hydrogens (tertiary/aromatic N) is 1. The summed E-state index contributed by atoms with van der Waals surface area (Å²) in [4.78, 5) is 2.68. The van der Waals surface area contributed by atoms with Gasteiger partial charge in [0.05, 0.1) is 0 Å². The van der Waals surface area contributed by atoms with E-state index in [1.807, 2.05) is 0 Å². The maximum absolute atomic E-state index is 3.59. The molecule has 0 bridgehead atoms. The second-order valence-corrected chi connectivity index (χ2v) is 6.21. The summed E-state index contributed by atoms with van der Waals surface area (Å²) < 4.78 is 0. The van der Waals surface area contributed by atoms with Crippen molar-refractivity contribution in [1.29, 1.82) is 0 Å². The minimum Gasteiger partial charge on any atom is -0.311 e. The smallest absolute Gasteiger partial charge is 0.0244 e. The molecule has 2 unspecified atom stereocenters. The van der Waals surface area contributed by atoms with Gasteiger partial charge in [-0.15, -0.1) is 0 Å². The van der Waals surface area contributed by atoms with Crippen LogP contribution in [0.1, 0.15) is 27.7 Å². The van der Waals surface area contributed by atoms with Crippen LogP contribution in [0.3, 0.4) is 0 Å². The molecule has 0 aromatic rings. The van der Waals surface area contributed by atoms with E-state index in [0.717, 1.165) is 18.5 Å². The van der Waals surface area contributed by atoms with E-state index in [2.05, 4.69) is 49.7 Å². The molecule has 3 heteroatoms. The van der Waals surface area contributed by atoms with Crippen molar-refractivity contribution in [2.45, 2.75) is 39.8 Å². The fourth-order valence-corrected chi connectivity index (χ4v) is 2.90. The van der Waals surface area contributed by atoms with Crippen LogP contribution in [0.2, 0.25) is 0 Å². The van der Waals surface area contributed by atoms with Crippen LogP contribution >= 0.6 is 11.8 Å². The Hall–Kier alpha value is 0.270. The molecule has 2 nitrogen and oxygen atoms in total. The molecule has 1 heterocycles. The monoisotopic (exact) mass is 230 g/mol. The predicted molar refractivity (Wildman–Crippen MR) is 70.7 cm³/mol. The molecule has 2 atom stereocenters. The van der Waals surface area contributed by atoms with Gasteiger partial charge in [-0.2, -0.15) is 11.8 Å². The minimum absolute atomic E-state index is 0.659. The summed E-state index contributed by atoms with van der Waals surface area (Å²) in [5.74, 6) is 3.29. The van der Waals surface area contributed by atoms with Crippen LogP contribution < -0.4 is 5.32 Å². The van der Waals surface area contributed by atoms with Gasteiger partial charge in [-0.3, -0.25) is 4.90 Å². The maximum Gasteiger partial charge on any atom is 0.0244 e. The Balaban J connectivity index is 2.39. The molecular weight excluding hydrogens is 204 g/mol. The average molecular weight is 230 g/mol. The molecule has 0 aromatic carbocycles. The Morgan fingerprint density at radius 3 is 2.80 bits per heavy atom. The molecule has 1 aliphatic rings. The third-order valence-corrected chi connectivity index (χ3v) is 4.03. The van der Waals surface area contributed by atoms with E-state index in [-0.39, 0.29) is 0 Å². The van der Waals surface area contributed by atoms with Crippen molar-refractivity contribution in [3.63, 3.8) is 0 Å². The average Bonchev–Trinajstić information content (AvgIpc) is 2.18. The van der Waals surface area contributed by atoms with Crippen molar-refractivity contribution < 1.29 is 0 Å². The fourth-order valence-electron chi connectivity index (χ4n) is 2.24. The van der Waals surface area contributed by atoms with Gasteiger partial charge in [-0.05, 0) is 18.6 Å². The lowest BCUT2D eigenvalue weighted by atomic mass is 9.99. The zero-order valence-electron chi connectivity index (χ0n) is 10.6. The molecule has 15 heavy (non-hydrogen) atoms. The first-order valence-corrected chi connectivity index (χ1v) is 7.35. The molecule has 0 radical (unpaired) electrons. The summed E-state index contributed by atoms with van der Waals surface area (Å²) in [5, 5.41) is 3.59. The molecule has 1 N–H and O–H groups in total. The van der Waals surface area contributed by atoms with Crippen LogP contribution in [0.4, 0.5) is 0 Å². The van der Waals surface area contributed by atoms with Crippen molar-refractivity contribution in [1.82, 2.24) is 10.2 Å². The topological polar surface area (TPSA) is 15.3 Å². The zero-order valence-corrected chi connectivity index (χ0v) is 11.4. The quantitative estimate of drug-likeness (QED) is 0.728. The van der Waals surface area contributed by atoms with Gasteiger partial charge in [0.2, 0.25) is 0 Å². The van der Waals surface area contributed by atoms with E-state index in [9.17, 15) is 0 Å². The Morgan fingerprint density at radius 1 is 1.47 bits per heavy atom. The van der Waals surface area contributed by atoms with Gasteiger partial charge < -0.3 is 5.32 Å². The zero-order chi connectivity index (χ0) is 11.3. The molecule has 0 amide bonds. The minimum atomic E-state index is 0.659. The van der Waals surface area contributed by atoms with Gasteiger partial charge in [0.25, 0.3) is 0 Å². The lowest BCUT2D eigenvalue weighted by Crippen LogP contribution is -2.57. The number of piperazine rings is 1. The number of hydrogen-bond acceptors (Lipinski definition) is 3. The molecule has 1 fully saturated rings. The fraction of sp³-hybridized carbons (Fsp3) is 1.00. The van der Waals surface area contributed by atoms with Gasteiger partial charge in [-0.1, -0.05) is 20.8 Å². The van der Waals surface area contributed by atoms with Crippen molar-refractivity contribution in [2.75, 3.05) is 31.1 Å². The predicted octanol–water partition coefficient (Wildman–Crippen LogP) is 2.06. The van der Waals surface area contributed by atoms with Gasteiger partial charge >= 0.3 is 0 Å². The van der Waals surface area contributed by atoms with E-state index < -0.39 is 0 Å². The van der Waals surface area contributed by atoms with Crippen LogP contribution in [0.25, 0.3) is 0 Å². The molecule has 0 aliphatic carbocycles. The van der Waals surface area contributed by atoms with Gasteiger partial charge in [0.1, 0.15) is 0 Å². The van der Waals surface area contributed by atoms with Crippen molar-refractivity contribution >= 4 is 11.8 Å². The molecular formula is C12H26N2S. The molecule has 1 saturated heterocycles. The maximum atomic E-state index is 3.59. The number of thioether (sulfide) groups is 1. The highest BCUT2D eigenvalue weighted by Gasteiger charge is 2.27. The van der Waals surface area contributed by atoms with Crippen molar-refractivity contribution in [2.24, 2.45) is 5.92 Å². The molecule has 0 spiro atoms. The van der Waals surface area contributed by atoms with Crippen LogP contribution in [-0.4, -0.2) is 48.1 Å². The normalized spacial score (nSPS) is 28.6. The summed E-state index contributed by atoms with van der Waals surface area (Å²) in [5.41, 5.74) is 0. The third-order valence-electron chi connectivity index (χ3n) is 3.15. The first kappa shape index (κ1) is 13.3. The third kappa shape index (κ3) is 4.33. The van der Waals surface area contributed by atoms with Crippen LogP contribution in [0, 0.1) is 5.92 Å². The Kier molecular flexibility index (Phi) is 6.02. The highest BCUT2D eigenvalue weighted by molar-refractivity contribution is 7.99. The number of hydrogen-bond donors (Lipinski definition) is 1. The lowest BCUT2D eigenvalue weighted by molar-refractivity contribution is 0.110. The number of nitrogens with one attached hydrogen (secondary N) is 1.